The standard InChI is InChI=1S/C6H8O/c7-6-4-2-1-3-5-6/h1-4H2. The van der Waals surface area contributed by atoms with Gasteiger partial charge in [-0.3, -0.25) is 4.79 Å². The Hall–Kier alpha value is -0.330. The Morgan fingerprint density at radius 2 is 2.29 bits per heavy atom. The van der Waals surface area contributed by atoms with Crippen molar-refractivity contribution in [3.05, 3.63) is 6.42 Å². The second-order valence-corrected chi connectivity index (χ2v) is 1.81. The van der Waals surface area contributed by atoms with Gasteiger partial charge in [-0.1, -0.05) is 6.42 Å². The third kappa shape index (κ3) is 1.30. The third-order valence-corrected chi connectivity index (χ3v) is 1.15. The molecule has 1 saturated carbocycles. The van der Waals surface area contributed by atoms with Crippen LogP contribution in [0, 0.1) is 6.42 Å². The molecule has 0 heterocycles. The smallest absolute Gasteiger partial charge is 0.141 e. The SMILES string of the molecule is O=C1[C]CCCC1. The third-order valence-electron chi connectivity index (χ3n) is 1.15. The summed E-state index contributed by atoms with van der Waals surface area (Å²) >= 11 is 0. The van der Waals surface area contributed by atoms with E-state index in [9.17, 15) is 4.79 Å². The molecule has 0 spiro atoms. The van der Waals surface area contributed by atoms with Crippen LogP contribution in [0.25, 0.3) is 0 Å². The van der Waals surface area contributed by atoms with Crippen molar-refractivity contribution in [2.45, 2.75) is 25.7 Å². The van der Waals surface area contributed by atoms with Gasteiger partial charge in [0.05, 0.1) is 6.42 Å². The van der Waals surface area contributed by atoms with E-state index in [0.717, 1.165) is 25.7 Å². The van der Waals surface area contributed by atoms with E-state index in [4.69, 9.17) is 0 Å². The lowest BCUT2D eigenvalue weighted by Crippen LogP contribution is -2.03. The summed E-state index contributed by atoms with van der Waals surface area (Å²) in [5, 5.41) is 0. The summed E-state index contributed by atoms with van der Waals surface area (Å²) in [7, 11) is 0. The topological polar surface area (TPSA) is 17.1 Å². The summed E-state index contributed by atoms with van der Waals surface area (Å²) in [6.07, 6.45) is 6.60. The summed E-state index contributed by atoms with van der Waals surface area (Å²) < 4.78 is 0. The molecular weight excluding hydrogens is 88.1 g/mol. The molecular formula is C6H8O. The van der Waals surface area contributed by atoms with Crippen LogP contribution in [0.2, 0.25) is 0 Å². The van der Waals surface area contributed by atoms with Crippen LogP contribution in [-0.4, -0.2) is 5.78 Å². The second-order valence-electron chi connectivity index (χ2n) is 1.81. The Bertz CT molecular complexity index is 68.2. The minimum absolute atomic E-state index is 0.214. The van der Waals surface area contributed by atoms with E-state index >= 15 is 0 Å². The van der Waals surface area contributed by atoms with Crippen molar-refractivity contribution in [3.63, 3.8) is 0 Å². The quantitative estimate of drug-likeness (QED) is 0.443. The average Bonchev–Trinajstić information content (AvgIpc) is 1.69. The molecule has 0 unspecified atom stereocenters. The number of Topliss-reactive ketones (excluding diaryl/α,β-unsaturated/α-hetero) is 1. The van der Waals surface area contributed by atoms with Crippen LogP contribution in [0.5, 0.6) is 0 Å². The van der Waals surface area contributed by atoms with Crippen LogP contribution in [0.3, 0.4) is 0 Å². The fraction of sp³-hybridized carbons (Fsp3) is 0.667. The van der Waals surface area contributed by atoms with Gasteiger partial charge in [0.25, 0.3) is 0 Å². The zero-order valence-electron chi connectivity index (χ0n) is 4.24. The van der Waals surface area contributed by atoms with E-state index in [2.05, 4.69) is 6.42 Å². The van der Waals surface area contributed by atoms with Gasteiger partial charge in [-0.15, -0.1) is 0 Å². The summed E-state index contributed by atoms with van der Waals surface area (Å²) in [6.45, 7) is 0. The first-order chi connectivity index (χ1) is 3.39. The highest BCUT2D eigenvalue weighted by Gasteiger charge is 2.07. The van der Waals surface area contributed by atoms with Crippen molar-refractivity contribution in [1.29, 1.82) is 0 Å². The van der Waals surface area contributed by atoms with E-state index < -0.39 is 0 Å². The zero-order chi connectivity index (χ0) is 5.11. The molecule has 0 saturated heterocycles. The van der Waals surface area contributed by atoms with Crippen LogP contribution >= 0.6 is 0 Å². The Kier molecular flexibility index (Phi) is 1.45. The Balaban J connectivity index is 2.25. The Labute approximate surface area is 43.7 Å². The lowest BCUT2D eigenvalue weighted by molar-refractivity contribution is -0.116. The summed E-state index contributed by atoms with van der Waals surface area (Å²) in [4.78, 5) is 10.4. The molecule has 0 N–H and O–H groups in total. The molecule has 2 radical (unpaired) electrons. The molecule has 1 heteroatoms. The molecule has 1 aliphatic carbocycles. The first-order valence-electron chi connectivity index (χ1n) is 2.66. The molecule has 38 valence electrons. The zero-order valence-corrected chi connectivity index (χ0v) is 4.24. The number of hydrogen-bond donors (Lipinski definition) is 0. The largest absolute Gasteiger partial charge is 0.299 e. The molecule has 7 heavy (non-hydrogen) atoms. The van der Waals surface area contributed by atoms with E-state index in [0.29, 0.717) is 0 Å². The monoisotopic (exact) mass is 96.1 g/mol. The van der Waals surface area contributed by atoms with Crippen LogP contribution in [-0.2, 0) is 4.79 Å². The number of ketones is 1. The second kappa shape index (κ2) is 2.10. The lowest BCUT2D eigenvalue weighted by Gasteiger charge is -2.04. The highest BCUT2D eigenvalue weighted by atomic mass is 16.1. The maximum atomic E-state index is 10.4. The fourth-order valence-electron chi connectivity index (χ4n) is 0.727. The van der Waals surface area contributed by atoms with E-state index in [1.807, 2.05) is 0 Å². The van der Waals surface area contributed by atoms with Gasteiger partial charge in [0.2, 0.25) is 0 Å². The summed E-state index contributed by atoms with van der Waals surface area (Å²) in [5.41, 5.74) is 0. The van der Waals surface area contributed by atoms with Gasteiger partial charge < -0.3 is 0 Å². The first kappa shape index (κ1) is 4.82. The van der Waals surface area contributed by atoms with Crippen LogP contribution in [0.1, 0.15) is 25.7 Å². The van der Waals surface area contributed by atoms with Crippen molar-refractivity contribution in [2.75, 3.05) is 0 Å². The van der Waals surface area contributed by atoms with E-state index in [-0.39, 0.29) is 5.78 Å². The van der Waals surface area contributed by atoms with Crippen LogP contribution < -0.4 is 0 Å². The summed E-state index contributed by atoms with van der Waals surface area (Å²) in [5.74, 6) is 0.214. The van der Waals surface area contributed by atoms with Crippen molar-refractivity contribution in [1.82, 2.24) is 0 Å². The Morgan fingerprint density at radius 1 is 1.43 bits per heavy atom. The van der Waals surface area contributed by atoms with Gasteiger partial charge in [-0.2, -0.15) is 0 Å². The van der Waals surface area contributed by atoms with Crippen molar-refractivity contribution in [2.24, 2.45) is 0 Å². The van der Waals surface area contributed by atoms with Crippen LogP contribution in [0.4, 0.5) is 0 Å². The minimum Gasteiger partial charge on any atom is -0.299 e. The first-order valence-corrected chi connectivity index (χ1v) is 2.66. The number of carbonyl (C=O) groups excluding carboxylic acids is 1. The molecule has 0 aromatic heterocycles. The maximum absolute atomic E-state index is 10.4. The molecule has 0 atom stereocenters. The predicted molar refractivity (Wildman–Crippen MR) is 26.7 cm³/mol. The number of rotatable bonds is 0. The van der Waals surface area contributed by atoms with Gasteiger partial charge in [0, 0.05) is 6.42 Å². The van der Waals surface area contributed by atoms with Gasteiger partial charge >= 0.3 is 0 Å². The normalized spacial score (nSPS) is 22.6. The van der Waals surface area contributed by atoms with E-state index in [1.165, 1.54) is 0 Å². The Morgan fingerprint density at radius 3 is 2.57 bits per heavy atom. The summed E-state index contributed by atoms with van der Waals surface area (Å²) in [6, 6.07) is 0. The van der Waals surface area contributed by atoms with Gasteiger partial charge in [-0.05, 0) is 12.8 Å². The van der Waals surface area contributed by atoms with Gasteiger partial charge in [0.15, 0.2) is 0 Å². The molecule has 1 fully saturated rings. The highest BCUT2D eigenvalue weighted by molar-refractivity contribution is 5.87. The van der Waals surface area contributed by atoms with E-state index in [1.54, 1.807) is 0 Å². The number of hydrogen-bond acceptors (Lipinski definition) is 1. The molecule has 0 bridgehead atoms. The average molecular weight is 96.1 g/mol. The van der Waals surface area contributed by atoms with Gasteiger partial charge in [-0.25, -0.2) is 0 Å². The maximum Gasteiger partial charge on any atom is 0.141 e. The lowest BCUT2D eigenvalue weighted by atomic mass is 10.00. The van der Waals surface area contributed by atoms with Gasteiger partial charge in [0.1, 0.15) is 5.78 Å². The molecule has 1 aliphatic rings. The molecule has 0 amide bonds. The molecule has 0 aliphatic heterocycles. The minimum atomic E-state index is 0.214. The molecule has 0 aromatic rings. The van der Waals surface area contributed by atoms with Crippen molar-refractivity contribution < 1.29 is 4.79 Å². The van der Waals surface area contributed by atoms with Crippen molar-refractivity contribution >= 4 is 5.78 Å². The fourth-order valence-corrected chi connectivity index (χ4v) is 0.727. The van der Waals surface area contributed by atoms with Crippen molar-refractivity contribution in [3.8, 4) is 0 Å². The predicted octanol–water partition coefficient (Wildman–Crippen LogP) is 1.21. The molecule has 1 rings (SSSR count). The number of carbonyl (C=O) groups is 1. The molecule has 0 aromatic carbocycles. The van der Waals surface area contributed by atoms with Crippen LogP contribution in [0.15, 0.2) is 0 Å². The highest BCUT2D eigenvalue weighted by Crippen LogP contribution is 2.11. The molecule has 1 nitrogen and oxygen atoms in total.